The van der Waals surface area contributed by atoms with Crippen molar-refractivity contribution in [2.24, 2.45) is 5.92 Å². The fraction of sp³-hybridized carbons (Fsp3) is 0.545. The molecular weight excluding hydrogens is 462 g/mol. The minimum atomic E-state index is -0.767. The average Bonchev–Trinajstić information content (AvgIpc) is 3.54. The Labute approximate surface area is 190 Å². The minimum absolute atomic E-state index is 0.126. The van der Waals surface area contributed by atoms with Gasteiger partial charge in [-0.3, -0.25) is 9.36 Å². The van der Waals surface area contributed by atoms with E-state index >= 15 is 0 Å². The van der Waals surface area contributed by atoms with Gasteiger partial charge in [0.25, 0.3) is 0 Å². The van der Waals surface area contributed by atoms with Gasteiger partial charge in [0.2, 0.25) is 5.91 Å². The van der Waals surface area contributed by atoms with Crippen LogP contribution in [0.3, 0.4) is 0 Å². The van der Waals surface area contributed by atoms with E-state index in [1.54, 1.807) is 0 Å². The highest BCUT2D eigenvalue weighted by Gasteiger charge is 2.43. The molecule has 2 aromatic rings. The van der Waals surface area contributed by atoms with Gasteiger partial charge in [0, 0.05) is 16.1 Å². The normalized spacial score (nSPS) is 19.1. The van der Waals surface area contributed by atoms with E-state index in [0.717, 1.165) is 46.7 Å². The van der Waals surface area contributed by atoms with Crippen molar-refractivity contribution in [2.45, 2.75) is 68.6 Å². The summed E-state index contributed by atoms with van der Waals surface area (Å²) in [6, 6.07) is 10.7. The molecule has 0 radical (unpaired) electrons. The number of amides is 1. The van der Waals surface area contributed by atoms with Crippen molar-refractivity contribution in [2.75, 3.05) is 5.75 Å². The third-order valence-corrected chi connectivity index (χ3v) is 7.54. The molecule has 8 heteroatoms. The summed E-state index contributed by atoms with van der Waals surface area (Å²) in [7, 11) is 0. The lowest BCUT2D eigenvalue weighted by Gasteiger charge is -2.26. The quantitative estimate of drug-likeness (QED) is 0.548. The number of nitrogens with zero attached hydrogens (tertiary/aromatic N) is 4. The zero-order valence-electron chi connectivity index (χ0n) is 17.1. The van der Waals surface area contributed by atoms with Crippen molar-refractivity contribution in [3.8, 4) is 17.5 Å². The van der Waals surface area contributed by atoms with Gasteiger partial charge >= 0.3 is 0 Å². The molecule has 0 bridgehead atoms. The molecule has 6 nitrogen and oxygen atoms in total. The van der Waals surface area contributed by atoms with E-state index < -0.39 is 5.54 Å². The van der Waals surface area contributed by atoms with Crippen molar-refractivity contribution in [1.82, 2.24) is 20.1 Å². The predicted octanol–water partition coefficient (Wildman–Crippen LogP) is 5.11. The van der Waals surface area contributed by atoms with Crippen LogP contribution < -0.4 is 5.32 Å². The molecule has 2 aliphatic carbocycles. The number of hydrogen-bond acceptors (Lipinski definition) is 5. The molecule has 2 fully saturated rings. The molecule has 1 aromatic heterocycles. The Morgan fingerprint density at radius 3 is 2.57 bits per heavy atom. The second kappa shape index (κ2) is 9.11. The number of benzene rings is 1. The average molecular weight is 488 g/mol. The first-order valence-electron chi connectivity index (χ1n) is 10.6. The third-order valence-electron chi connectivity index (χ3n) is 6.06. The van der Waals surface area contributed by atoms with E-state index in [1.807, 2.05) is 31.2 Å². The summed E-state index contributed by atoms with van der Waals surface area (Å²) in [6.07, 6.45) is 7.90. The highest BCUT2D eigenvalue weighted by Crippen LogP contribution is 2.39. The standard InChI is InChI=1S/C22H26BrN5OS/c1-22(14-24,16-9-10-16)25-19(29)13-30-21-27-26-20(15-7-11-17(23)12-8-15)28(21)18-5-3-2-4-6-18/h7-8,11-12,16,18H,2-6,9-10,13H2,1H3,(H,25,29). The molecule has 30 heavy (non-hydrogen) atoms. The SMILES string of the molecule is CC(C#N)(NC(=O)CSc1nnc(-c2ccc(Br)cc2)n1C1CCCCC1)C1CC1. The Kier molecular flexibility index (Phi) is 6.49. The van der Waals surface area contributed by atoms with Crippen LogP contribution in [0.25, 0.3) is 11.4 Å². The first-order chi connectivity index (χ1) is 14.5. The van der Waals surface area contributed by atoms with Crippen LogP contribution in [0.5, 0.6) is 0 Å². The Morgan fingerprint density at radius 2 is 1.93 bits per heavy atom. The molecule has 1 atom stereocenters. The van der Waals surface area contributed by atoms with Gasteiger partial charge in [-0.1, -0.05) is 59.1 Å². The zero-order chi connectivity index (χ0) is 21.1. The molecule has 1 N–H and O–H groups in total. The van der Waals surface area contributed by atoms with Gasteiger partial charge in [-0.2, -0.15) is 5.26 Å². The van der Waals surface area contributed by atoms with Crippen molar-refractivity contribution < 1.29 is 4.79 Å². The molecule has 1 aromatic carbocycles. The van der Waals surface area contributed by atoms with Crippen LogP contribution >= 0.6 is 27.7 Å². The first kappa shape index (κ1) is 21.4. The third kappa shape index (κ3) is 4.73. The van der Waals surface area contributed by atoms with Gasteiger partial charge in [0.15, 0.2) is 11.0 Å². The maximum atomic E-state index is 12.6. The van der Waals surface area contributed by atoms with Crippen LogP contribution in [-0.4, -0.2) is 32.0 Å². The number of rotatable bonds is 7. The Bertz CT molecular complexity index is 943. The highest BCUT2D eigenvalue weighted by molar-refractivity contribution is 9.10. The summed E-state index contributed by atoms with van der Waals surface area (Å²) < 4.78 is 3.25. The summed E-state index contributed by atoms with van der Waals surface area (Å²) in [4.78, 5) is 12.6. The molecular formula is C22H26BrN5OS. The smallest absolute Gasteiger partial charge is 0.231 e. The summed E-state index contributed by atoms with van der Waals surface area (Å²) in [5.41, 5.74) is 0.260. The lowest BCUT2D eigenvalue weighted by molar-refractivity contribution is -0.119. The van der Waals surface area contributed by atoms with Gasteiger partial charge < -0.3 is 5.32 Å². The maximum Gasteiger partial charge on any atom is 0.231 e. The number of carbonyl (C=O) groups excluding carboxylic acids is 1. The van der Waals surface area contributed by atoms with Gasteiger partial charge in [0.05, 0.1) is 11.8 Å². The van der Waals surface area contributed by atoms with Gasteiger partial charge in [-0.05, 0) is 50.7 Å². The second-order valence-corrected chi connectivity index (χ2v) is 10.3. The number of hydrogen-bond donors (Lipinski definition) is 1. The van der Waals surface area contributed by atoms with Crippen LogP contribution in [0.1, 0.15) is 57.9 Å². The largest absolute Gasteiger partial charge is 0.337 e. The monoisotopic (exact) mass is 487 g/mol. The number of aromatic nitrogens is 3. The van der Waals surface area contributed by atoms with E-state index in [4.69, 9.17) is 0 Å². The molecule has 0 aliphatic heterocycles. The van der Waals surface area contributed by atoms with Gasteiger partial charge in [-0.15, -0.1) is 10.2 Å². The number of nitrogens with one attached hydrogen (secondary N) is 1. The molecule has 2 aliphatic rings. The zero-order valence-corrected chi connectivity index (χ0v) is 19.5. The lowest BCUT2D eigenvalue weighted by Crippen LogP contribution is -2.47. The molecule has 1 unspecified atom stereocenters. The highest BCUT2D eigenvalue weighted by atomic mass is 79.9. The topological polar surface area (TPSA) is 83.6 Å². The van der Waals surface area contributed by atoms with E-state index in [9.17, 15) is 10.1 Å². The van der Waals surface area contributed by atoms with Crippen LogP contribution in [0.15, 0.2) is 33.9 Å². The van der Waals surface area contributed by atoms with Crippen LogP contribution in [0.4, 0.5) is 0 Å². The Morgan fingerprint density at radius 1 is 1.23 bits per heavy atom. The first-order valence-corrected chi connectivity index (χ1v) is 12.3. The molecule has 4 rings (SSSR count). The number of carbonyl (C=O) groups is 1. The van der Waals surface area contributed by atoms with Crippen molar-refractivity contribution in [3.63, 3.8) is 0 Å². The van der Waals surface area contributed by atoms with Gasteiger partial charge in [-0.25, -0.2) is 0 Å². The molecule has 1 heterocycles. The van der Waals surface area contributed by atoms with Gasteiger partial charge in [0.1, 0.15) is 5.54 Å². The van der Waals surface area contributed by atoms with E-state index in [1.165, 1.54) is 31.0 Å². The van der Waals surface area contributed by atoms with Crippen LogP contribution in [0.2, 0.25) is 0 Å². The van der Waals surface area contributed by atoms with Crippen LogP contribution in [0, 0.1) is 17.2 Å². The number of halogens is 1. The summed E-state index contributed by atoms with van der Waals surface area (Å²) >= 11 is 4.90. The molecule has 0 saturated heterocycles. The summed E-state index contributed by atoms with van der Waals surface area (Å²) in [5, 5.41) is 22.1. The predicted molar refractivity (Wildman–Crippen MR) is 121 cm³/mol. The fourth-order valence-corrected chi connectivity index (χ4v) is 5.25. The van der Waals surface area contributed by atoms with Crippen LogP contribution in [-0.2, 0) is 4.79 Å². The summed E-state index contributed by atoms with van der Waals surface area (Å²) in [5.74, 6) is 1.23. The summed E-state index contributed by atoms with van der Waals surface area (Å²) in [6.45, 7) is 1.82. The van der Waals surface area contributed by atoms with Crippen molar-refractivity contribution in [3.05, 3.63) is 28.7 Å². The molecule has 158 valence electrons. The van der Waals surface area contributed by atoms with E-state index in [0.29, 0.717) is 6.04 Å². The number of nitriles is 1. The minimum Gasteiger partial charge on any atom is -0.337 e. The fourth-order valence-electron chi connectivity index (χ4n) is 4.18. The Hall–Kier alpha value is -1.85. The van der Waals surface area contributed by atoms with Crippen molar-refractivity contribution in [1.29, 1.82) is 5.26 Å². The number of thioether (sulfide) groups is 1. The Balaban J connectivity index is 1.53. The molecule has 2 saturated carbocycles. The van der Waals surface area contributed by atoms with E-state index in [2.05, 4.69) is 42.1 Å². The second-order valence-electron chi connectivity index (χ2n) is 8.40. The molecule has 1 amide bonds. The van der Waals surface area contributed by atoms with E-state index in [-0.39, 0.29) is 17.6 Å². The lowest BCUT2D eigenvalue weighted by atomic mass is 9.95. The molecule has 0 spiro atoms. The van der Waals surface area contributed by atoms with Crippen molar-refractivity contribution >= 4 is 33.6 Å². The maximum absolute atomic E-state index is 12.6.